The van der Waals surface area contributed by atoms with Crippen LogP contribution in [0.4, 0.5) is 5.13 Å². The number of fused-ring (bicyclic) bond motifs is 1. The second-order valence-electron chi connectivity index (χ2n) is 5.65. The number of nitrogens with zero attached hydrogens (tertiary/aromatic N) is 1. The summed E-state index contributed by atoms with van der Waals surface area (Å²) >= 11 is 7.03. The molecular formula is C18H19N3S2. The highest BCUT2D eigenvalue weighted by Gasteiger charge is 2.10. The number of nitrogens with one attached hydrogen (secondary N) is 2. The maximum atomic E-state index is 5.41. The number of thiazole rings is 1. The summed E-state index contributed by atoms with van der Waals surface area (Å²) in [5.74, 6) is 0. The number of anilines is 1. The van der Waals surface area contributed by atoms with Crippen LogP contribution < -0.4 is 10.6 Å². The van der Waals surface area contributed by atoms with E-state index in [1.54, 1.807) is 11.3 Å². The van der Waals surface area contributed by atoms with Crippen LogP contribution in [-0.2, 0) is 0 Å². The van der Waals surface area contributed by atoms with Crippen molar-refractivity contribution in [3.8, 4) is 0 Å². The van der Waals surface area contributed by atoms with Gasteiger partial charge in [0.1, 0.15) is 0 Å². The van der Waals surface area contributed by atoms with Crippen molar-refractivity contribution >= 4 is 44.0 Å². The van der Waals surface area contributed by atoms with Crippen molar-refractivity contribution in [2.45, 2.75) is 26.8 Å². The first kappa shape index (κ1) is 15.9. The SMILES string of the molecule is Cc1cc2nc(NC(=S)NC(C)c3ccccc3)sc2cc1C. The normalized spacial score (nSPS) is 12.1. The van der Waals surface area contributed by atoms with E-state index in [2.05, 4.69) is 60.7 Å². The zero-order valence-corrected chi connectivity index (χ0v) is 15.0. The van der Waals surface area contributed by atoms with E-state index in [1.807, 2.05) is 18.2 Å². The average Bonchev–Trinajstić information content (AvgIpc) is 2.89. The van der Waals surface area contributed by atoms with Gasteiger partial charge in [0.15, 0.2) is 10.2 Å². The molecule has 118 valence electrons. The van der Waals surface area contributed by atoms with Crippen LogP contribution in [0.5, 0.6) is 0 Å². The molecule has 0 aliphatic heterocycles. The Morgan fingerprint density at radius 2 is 1.83 bits per heavy atom. The minimum Gasteiger partial charge on any atom is -0.356 e. The van der Waals surface area contributed by atoms with Crippen LogP contribution in [0.3, 0.4) is 0 Å². The highest BCUT2D eigenvalue weighted by Crippen LogP contribution is 2.28. The smallest absolute Gasteiger partial charge is 0.190 e. The van der Waals surface area contributed by atoms with Gasteiger partial charge in [-0.3, -0.25) is 0 Å². The van der Waals surface area contributed by atoms with Crippen LogP contribution in [-0.4, -0.2) is 10.1 Å². The van der Waals surface area contributed by atoms with E-state index in [1.165, 1.54) is 21.4 Å². The second-order valence-corrected chi connectivity index (χ2v) is 7.09. The van der Waals surface area contributed by atoms with Crippen molar-refractivity contribution in [1.82, 2.24) is 10.3 Å². The Morgan fingerprint density at radius 1 is 1.13 bits per heavy atom. The van der Waals surface area contributed by atoms with Gasteiger partial charge in [-0.1, -0.05) is 41.7 Å². The number of aryl methyl sites for hydroxylation is 2. The Labute approximate surface area is 145 Å². The largest absolute Gasteiger partial charge is 0.356 e. The third kappa shape index (κ3) is 3.68. The summed E-state index contributed by atoms with van der Waals surface area (Å²) in [6.45, 7) is 6.32. The molecule has 1 aromatic heterocycles. The Kier molecular flexibility index (Phi) is 4.59. The lowest BCUT2D eigenvalue weighted by atomic mass is 10.1. The average molecular weight is 342 g/mol. The van der Waals surface area contributed by atoms with Gasteiger partial charge in [0, 0.05) is 0 Å². The van der Waals surface area contributed by atoms with E-state index in [0.29, 0.717) is 5.11 Å². The molecule has 0 saturated heterocycles. The first-order valence-corrected chi connectivity index (χ1v) is 8.75. The molecule has 0 fully saturated rings. The standard InChI is InChI=1S/C18H19N3S2/c1-11-9-15-16(10-12(11)2)23-18(20-15)21-17(22)19-13(3)14-7-5-4-6-8-14/h4-10,13H,1-3H3,(H2,19,20,21,22). The topological polar surface area (TPSA) is 37.0 Å². The van der Waals surface area contributed by atoms with E-state index in [0.717, 1.165) is 10.6 Å². The number of aromatic nitrogens is 1. The van der Waals surface area contributed by atoms with Crippen LogP contribution in [0.15, 0.2) is 42.5 Å². The van der Waals surface area contributed by atoms with Gasteiger partial charge >= 0.3 is 0 Å². The van der Waals surface area contributed by atoms with Crippen LogP contribution in [0.1, 0.15) is 29.7 Å². The molecule has 3 nitrogen and oxygen atoms in total. The van der Waals surface area contributed by atoms with Gasteiger partial charge in [0.2, 0.25) is 0 Å². The summed E-state index contributed by atoms with van der Waals surface area (Å²) in [7, 11) is 0. The second kappa shape index (κ2) is 6.64. The fourth-order valence-corrected chi connectivity index (χ4v) is 3.68. The molecule has 2 aromatic carbocycles. The molecule has 23 heavy (non-hydrogen) atoms. The van der Waals surface area contributed by atoms with Crippen LogP contribution in [0, 0.1) is 13.8 Å². The molecule has 0 aliphatic rings. The molecule has 2 N–H and O–H groups in total. The quantitative estimate of drug-likeness (QED) is 0.660. The van der Waals surface area contributed by atoms with E-state index in [4.69, 9.17) is 12.2 Å². The summed E-state index contributed by atoms with van der Waals surface area (Å²) < 4.78 is 1.18. The van der Waals surface area contributed by atoms with E-state index in [9.17, 15) is 0 Å². The number of benzene rings is 2. The highest BCUT2D eigenvalue weighted by atomic mass is 32.1. The number of thiocarbonyl (C=S) groups is 1. The number of hydrogen-bond donors (Lipinski definition) is 2. The van der Waals surface area contributed by atoms with Gasteiger partial charge < -0.3 is 10.6 Å². The Morgan fingerprint density at radius 3 is 2.57 bits per heavy atom. The maximum Gasteiger partial charge on any atom is 0.190 e. The number of rotatable bonds is 3. The van der Waals surface area contributed by atoms with E-state index >= 15 is 0 Å². The number of hydrogen-bond acceptors (Lipinski definition) is 3. The first-order chi connectivity index (χ1) is 11.0. The Hall–Kier alpha value is -1.98. The molecule has 0 bridgehead atoms. The summed E-state index contributed by atoms with van der Waals surface area (Å²) in [5, 5.41) is 7.91. The lowest BCUT2D eigenvalue weighted by Crippen LogP contribution is -2.30. The molecule has 3 rings (SSSR count). The highest BCUT2D eigenvalue weighted by molar-refractivity contribution is 7.80. The third-order valence-electron chi connectivity index (χ3n) is 3.87. The van der Waals surface area contributed by atoms with Gasteiger partial charge in [-0.2, -0.15) is 0 Å². The minimum absolute atomic E-state index is 0.148. The zero-order valence-electron chi connectivity index (χ0n) is 13.4. The monoisotopic (exact) mass is 341 g/mol. The van der Waals surface area contributed by atoms with Crippen LogP contribution >= 0.6 is 23.6 Å². The van der Waals surface area contributed by atoms with E-state index < -0.39 is 0 Å². The van der Waals surface area contributed by atoms with Crippen molar-refractivity contribution in [3.05, 3.63) is 59.2 Å². The first-order valence-electron chi connectivity index (χ1n) is 7.53. The van der Waals surface area contributed by atoms with Crippen molar-refractivity contribution in [3.63, 3.8) is 0 Å². The molecule has 3 aromatic rings. The van der Waals surface area contributed by atoms with Gasteiger partial charge in [0.05, 0.1) is 16.3 Å². The Balaban J connectivity index is 1.70. The molecular weight excluding hydrogens is 322 g/mol. The molecule has 1 atom stereocenters. The van der Waals surface area contributed by atoms with Crippen molar-refractivity contribution in [2.75, 3.05) is 5.32 Å². The van der Waals surface area contributed by atoms with Gasteiger partial charge in [-0.25, -0.2) is 4.98 Å². The van der Waals surface area contributed by atoms with E-state index in [-0.39, 0.29) is 6.04 Å². The lowest BCUT2D eigenvalue weighted by Gasteiger charge is -2.16. The fraction of sp³-hybridized carbons (Fsp3) is 0.222. The molecule has 0 radical (unpaired) electrons. The molecule has 0 amide bonds. The van der Waals surface area contributed by atoms with Crippen molar-refractivity contribution < 1.29 is 0 Å². The van der Waals surface area contributed by atoms with Crippen LogP contribution in [0.2, 0.25) is 0 Å². The molecule has 1 unspecified atom stereocenters. The molecule has 0 spiro atoms. The lowest BCUT2D eigenvalue weighted by molar-refractivity contribution is 0.722. The predicted molar refractivity (Wildman–Crippen MR) is 103 cm³/mol. The molecule has 5 heteroatoms. The predicted octanol–water partition coefficient (Wildman–Crippen LogP) is 4.96. The summed E-state index contributed by atoms with van der Waals surface area (Å²) in [6.07, 6.45) is 0. The molecule has 0 aliphatic carbocycles. The van der Waals surface area contributed by atoms with Gasteiger partial charge in [-0.05, 0) is 61.8 Å². The molecule has 0 saturated carbocycles. The summed E-state index contributed by atoms with van der Waals surface area (Å²) in [4.78, 5) is 4.61. The molecule has 1 heterocycles. The fourth-order valence-electron chi connectivity index (χ4n) is 2.39. The zero-order chi connectivity index (χ0) is 16.4. The van der Waals surface area contributed by atoms with Gasteiger partial charge in [-0.15, -0.1) is 0 Å². The van der Waals surface area contributed by atoms with Crippen molar-refractivity contribution in [1.29, 1.82) is 0 Å². The summed E-state index contributed by atoms with van der Waals surface area (Å²) in [5.41, 5.74) is 4.76. The third-order valence-corrected chi connectivity index (χ3v) is 5.03. The Bertz CT molecular complexity index is 801. The van der Waals surface area contributed by atoms with Gasteiger partial charge in [0.25, 0.3) is 0 Å². The van der Waals surface area contributed by atoms with Crippen molar-refractivity contribution in [2.24, 2.45) is 0 Å². The van der Waals surface area contributed by atoms with Crippen LogP contribution in [0.25, 0.3) is 10.2 Å². The summed E-state index contributed by atoms with van der Waals surface area (Å²) in [6, 6.07) is 14.7. The maximum absolute atomic E-state index is 5.41. The minimum atomic E-state index is 0.148.